The molecule has 1 fully saturated rings. The summed E-state index contributed by atoms with van der Waals surface area (Å²) in [5.41, 5.74) is 3.18. The van der Waals surface area contributed by atoms with Crippen LogP contribution in [-0.2, 0) is 12.8 Å². The van der Waals surface area contributed by atoms with E-state index in [0.29, 0.717) is 42.1 Å². The van der Waals surface area contributed by atoms with Crippen molar-refractivity contribution < 1.29 is 14.3 Å². The third kappa shape index (κ3) is 4.90. The molecule has 1 aliphatic rings. The van der Waals surface area contributed by atoms with Gasteiger partial charge in [0.05, 0.1) is 5.69 Å². The molecular formula is C25H26FN3O2. The van der Waals surface area contributed by atoms with Crippen molar-refractivity contribution in [2.24, 2.45) is 5.92 Å². The van der Waals surface area contributed by atoms with Crippen molar-refractivity contribution in [3.05, 3.63) is 82.7 Å². The number of piperidine rings is 1. The number of halogens is 1. The Balaban J connectivity index is 1.37. The fourth-order valence-electron chi connectivity index (χ4n) is 4.17. The van der Waals surface area contributed by atoms with Gasteiger partial charge in [-0.3, -0.25) is 4.79 Å². The molecule has 1 N–H and O–H groups in total. The van der Waals surface area contributed by atoms with Crippen LogP contribution >= 0.6 is 0 Å². The maximum atomic E-state index is 14.7. The SMILES string of the molecule is Cc1nc(CC2CCN(c3ccc(Cc4ccccc4)c(F)c3)CC2)nc(C=O)c1O. The average molecular weight is 420 g/mol. The molecule has 31 heavy (non-hydrogen) atoms. The van der Waals surface area contributed by atoms with Crippen molar-refractivity contribution in [3.63, 3.8) is 0 Å². The molecule has 1 saturated heterocycles. The van der Waals surface area contributed by atoms with Crippen LogP contribution in [-0.4, -0.2) is 34.5 Å². The maximum absolute atomic E-state index is 14.7. The zero-order valence-electron chi connectivity index (χ0n) is 17.6. The molecule has 1 aliphatic heterocycles. The lowest BCUT2D eigenvalue weighted by Crippen LogP contribution is -2.34. The predicted octanol–water partition coefficient (Wildman–Crippen LogP) is 4.49. The van der Waals surface area contributed by atoms with Gasteiger partial charge >= 0.3 is 0 Å². The maximum Gasteiger partial charge on any atom is 0.172 e. The second-order valence-electron chi connectivity index (χ2n) is 8.15. The van der Waals surface area contributed by atoms with E-state index in [1.807, 2.05) is 42.5 Å². The molecule has 0 bridgehead atoms. The van der Waals surface area contributed by atoms with E-state index in [4.69, 9.17) is 0 Å². The fraction of sp³-hybridized carbons (Fsp3) is 0.320. The molecule has 1 aromatic heterocycles. The van der Waals surface area contributed by atoms with Gasteiger partial charge in [-0.25, -0.2) is 14.4 Å². The topological polar surface area (TPSA) is 66.3 Å². The highest BCUT2D eigenvalue weighted by atomic mass is 19.1. The van der Waals surface area contributed by atoms with Crippen LogP contribution in [0.3, 0.4) is 0 Å². The zero-order chi connectivity index (χ0) is 21.8. The summed E-state index contributed by atoms with van der Waals surface area (Å²) < 4.78 is 14.7. The first-order valence-corrected chi connectivity index (χ1v) is 10.6. The first-order chi connectivity index (χ1) is 15.0. The Morgan fingerprint density at radius 3 is 2.55 bits per heavy atom. The number of nitrogens with zero attached hydrogens (tertiary/aromatic N) is 3. The third-order valence-electron chi connectivity index (χ3n) is 5.97. The van der Waals surface area contributed by atoms with E-state index in [2.05, 4.69) is 14.9 Å². The summed E-state index contributed by atoms with van der Waals surface area (Å²) in [6.07, 6.45) is 3.69. The van der Waals surface area contributed by atoms with Crippen molar-refractivity contribution in [1.82, 2.24) is 9.97 Å². The number of hydrogen-bond acceptors (Lipinski definition) is 5. The summed E-state index contributed by atoms with van der Waals surface area (Å²) in [5.74, 6) is 0.665. The Kier molecular flexibility index (Phi) is 6.26. The molecule has 0 unspecified atom stereocenters. The summed E-state index contributed by atoms with van der Waals surface area (Å²) in [5, 5.41) is 9.82. The zero-order valence-corrected chi connectivity index (χ0v) is 17.6. The minimum atomic E-state index is -0.169. The minimum Gasteiger partial charge on any atom is -0.504 e. The number of aldehydes is 1. The van der Waals surface area contributed by atoms with Crippen LogP contribution in [0.4, 0.5) is 10.1 Å². The van der Waals surface area contributed by atoms with E-state index in [1.165, 1.54) is 0 Å². The molecule has 4 rings (SSSR count). The number of aromatic nitrogens is 2. The number of hydrogen-bond donors (Lipinski definition) is 1. The van der Waals surface area contributed by atoms with E-state index in [9.17, 15) is 14.3 Å². The van der Waals surface area contributed by atoms with Crippen molar-refractivity contribution in [3.8, 4) is 5.75 Å². The van der Waals surface area contributed by atoms with Gasteiger partial charge in [0.2, 0.25) is 0 Å². The number of anilines is 1. The van der Waals surface area contributed by atoms with Gasteiger partial charge in [0, 0.05) is 31.6 Å². The Hall–Kier alpha value is -3.28. The molecular weight excluding hydrogens is 393 g/mol. The van der Waals surface area contributed by atoms with E-state index >= 15 is 0 Å². The van der Waals surface area contributed by atoms with Gasteiger partial charge in [-0.1, -0.05) is 36.4 Å². The molecule has 160 valence electrons. The first kappa shape index (κ1) is 21.0. The first-order valence-electron chi connectivity index (χ1n) is 10.6. The van der Waals surface area contributed by atoms with Crippen molar-refractivity contribution >= 4 is 12.0 Å². The molecule has 5 nitrogen and oxygen atoms in total. The average Bonchev–Trinajstić information content (AvgIpc) is 2.79. The van der Waals surface area contributed by atoms with Crippen molar-refractivity contribution in [2.45, 2.75) is 32.6 Å². The van der Waals surface area contributed by atoms with Gasteiger partial charge in [-0.2, -0.15) is 0 Å². The molecule has 0 aliphatic carbocycles. The monoisotopic (exact) mass is 419 g/mol. The van der Waals surface area contributed by atoms with Crippen LogP contribution in [0.1, 0.15) is 46.0 Å². The van der Waals surface area contributed by atoms with E-state index < -0.39 is 0 Å². The molecule has 3 aromatic rings. The molecule has 2 heterocycles. The quantitative estimate of drug-likeness (QED) is 0.596. The second-order valence-corrected chi connectivity index (χ2v) is 8.15. The van der Waals surface area contributed by atoms with Crippen LogP contribution in [0.15, 0.2) is 48.5 Å². The Labute approximate surface area is 181 Å². The Morgan fingerprint density at radius 2 is 1.87 bits per heavy atom. The molecule has 0 atom stereocenters. The van der Waals surface area contributed by atoms with Gasteiger partial charge < -0.3 is 10.0 Å². The molecule has 0 radical (unpaired) electrons. The smallest absolute Gasteiger partial charge is 0.172 e. The normalized spacial score (nSPS) is 14.6. The van der Waals surface area contributed by atoms with Crippen LogP contribution in [0.5, 0.6) is 5.75 Å². The molecule has 0 spiro atoms. The molecule has 0 amide bonds. The van der Waals surface area contributed by atoms with Gasteiger partial charge in [0.15, 0.2) is 12.0 Å². The van der Waals surface area contributed by atoms with E-state index in [0.717, 1.165) is 37.2 Å². The van der Waals surface area contributed by atoms with Crippen LogP contribution in [0.2, 0.25) is 0 Å². The lowest BCUT2D eigenvalue weighted by molar-refractivity contribution is 0.111. The van der Waals surface area contributed by atoms with Gasteiger partial charge in [-0.05, 0) is 48.9 Å². The van der Waals surface area contributed by atoms with Gasteiger partial charge in [0.25, 0.3) is 0 Å². The number of aromatic hydroxyl groups is 1. The second kappa shape index (κ2) is 9.25. The van der Waals surface area contributed by atoms with Crippen LogP contribution in [0.25, 0.3) is 0 Å². The molecule has 2 aromatic carbocycles. The highest BCUT2D eigenvalue weighted by Gasteiger charge is 2.22. The lowest BCUT2D eigenvalue weighted by atomic mass is 9.92. The molecule has 0 saturated carbocycles. The van der Waals surface area contributed by atoms with Crippen LogP contribution < -0.4 is 4.90 Å². The summed E-state index contributed by atoms with van der Waals surface area (Å²) in [6, 6.07) is 15.4. The van der Waals surface area contributed by atoms with Gasteiger partial charge in [0.1, 0.15) is 17.3 Å². The molecule has 6 heteroatoms. The third-order valence-corrected chi connectivity index (χ3v) is 5.97. The number of carbonyl (C=O) groups excluding carboxylic acids is 1. The lowest BCUT2D eigenvalue weighted by Gasteiger charge is -2.33. The minimum absolute atomic E-state index is 0.0472. The standard InChI is InChI=1S/C25H26FN3O2/c1-17-25(31)23(16-30)28-24(27-17)14-19-9-11-29(12-10-19)21-8-7-20(22(26)15-21)13-18-5-3-2-4-6-18/h2-8,15-16,19,31H,9-14H2,1H3. The van der Waals surface area contributed by atoms with Crippen LogP contribution in [0, 0.1) is 18.7 Å². The van der Waals surface area contributed by atoms with Crippen molar-refractivity contribution in [2.75, 3.05) is 18.0 Å². The van der Waals surface area contributed by atoms with Crippen molar-refractivity contribution in [1.29, 1.82) is 0 Å². The summed E-state index contributed by atoms with van der Waals surface area (Å²) >= 11 is 0. The summed E-state index contributed by atoms with van der Waals surface area (Å²) in [6.45, 7) is 3.34. The fourth-order valence-corrected chi connectivity index (χ4v) is 4.17. The number of benzene rings is 2. The highest BCUT2D eigenvalue weighted by Crippen LogP contribution is 2.28. The number of aryl methyl sites for hydroxylation is 1. The Bertz CT molecular complexity index is 1060. The largest absolute Gasteiger partial charge is 0.504 e. The summed E-state index contributed by atoms with van der Waals surface area (Å²) in [4.78, 5) is 21.8. The van der Waals surface area contributed by atoms with Gasteiger partial charge in [-0.15, -0.1) is 0 Å². The van der Waals surface area contributed by atoms with E-state index in [-0.39, 0.29) is 17.3 Å². The predicted molar refractivity (Wildman–Crippen MR) is 118 cm³/mol. The van der Waals surface area contributed by atoms with E-state index in [1.54, 1.807) is 13.0 Å². The summed E-state index contributed by atoms with van der Waals surface area (Å²) in [7, 11) is 0. The number of carbonyl (C=O) groups is 1. The highest BCUT2D eigenvalue weighted by molar-refractivity contribution is 5.76. The Morgan fingerprint density at radius 1 is 1.13 bits per heavy atom. The number of rotatable bonds is 6.